The second-order valence-electron chi connectivity index (χ2n) is 6.72. The third-order valence-electron chi connectivity index (χ3n) is 5.10. The van der Waals surface area contributed by atoms with E-state index in [2.05, 4.69) is 25.6 Å². The van der Waals surface area contributed by atoms with Crippen molar-refractivity contribution in [1.82, 2.24) is 9.97 Å². The van der Waals surface area contributed by atoms with Crippen LogP contribution in [0.3, 0.4) is 0 Å². The van der Waals surface area contributed by atoms with Crippen LogP contribution >= 0.6 is 11.6 Å². The van der Waals surface area contributed by atoms with Gasteiger partial charge in [0.05, 0.1) is 5.56 Å². The van der Waals surface area contributed by atoms with Crippen LogP contribution in [0.4, 0.5) is 11.6 Å². The van der Waals surface area contributed by atoms with Crippen molar-refractivity contribution in [2.75, 3.05) is 24.7 Å². The summed E-state index contributed by atoms with van der Waals surface area (Å²) in [4.78, 5) is 26.4. The first-order chi connectivity index (χ1) is 13.3. The van der Waals surface area contributed by atoms with E-state index in [0.29, 0.717) is 39.5 Å². The molecule has 0 saturated carbocycles. The summed E-state index contributed by atoms with van der Waals surface area (Å²) in [5.41, 5.74) is 8.63. The molecule has 1 amide bonds. The summed E-state index contributed by atoms with van der Waals surface area (Å²) in [6, 6.07) is 5.54. The summed E-state index contributed by atoms with van der Waals surface area (Å²) in [7, 11) is 3.43. The lowest BCUT2D eigenvalue weighted by Gasteiger charge is -2.24. The fourth-order valence-corrected chi connectivity index (χ4v) is 3.68. The van der Waals surface area contributed by atoms with Gasteiger partial charge in [-0.2, -0.15) is 0 Å². The summed E-state index contributed by atoms with van der Waals surface area (Å²) >= 11 is 6.08. The molecule has 4 N–H and O–H groups in total. The SMILES string of the molecule is C/C=C(\N)C1(C)C(=O)Nc2nc(/C(=N/C)c3ccc(Cl)cc3C)nc(NC)c21. The number of allylic oxidation sites excluding steroid dienone is 1. The van der Waals surface area contributed by atoms with E-state index in [1.165, 1.54) is 0 Å². The van der Waals surface area contributed by atoms with Crippen molar-refractivity contribution in [1.29, 1.82) is 0 Å². The van der Waals surface area contributed by atoms with Crippen LogP contribution < -0.4 is 16.4 Å². The maximum Gasteiger partial charge on any atom is 0.242 e. The summed E-state index contributed by atoms with van der Waals surface area (Å²) in [5.74, 6) is 1.12. The van der Waals surface area contributed by atoms with Crippen molar-refractivity contribution in [3.05, 3.63) is 57.5 Å². The van der Waals surface area contributed by atoms with E-state index in [-0.39, 0.29) is 5.91 Å². The van der Waals surface area contributed by atoms with E-state index in [1.807, 2.05) is 19.1 Å². The number of aryl methyl sites for hydroxylation is 1. The van der Waals surface area contributed by atoms with E-state index in [9.17, 15) is 4.79 Å². The van der Waals surface area contributed by atoms with Gasteiger partial charge in [0.1, 0.15) is 22.8 Å². The van der Waals surface area contributed by atoms with Crippen LogP contribution in [0.1, 0.15) is 36.4 Å². The van der Waals surface area contributed by atoms with Gasteiger partial charge in [-0.15, -0.1) is 0 Å². The zero-order valence-corrected chi connectivity index (χ0v) is 17.3. The Balaban J connectivity index is 2.22. The fourth-order valence-electron chi connectivity index (χ4n) is 3.46. The van der Waals surface area contributed by atoms with E-state index < -0.39 is 5.41 Å². The normalized spacial score (nSPS) is 19.4. The topological polar surface area (TPSA) is 105 Å². The minimum atomic E-state index is -1.04. The average Bonchev–Trinajstić information content (AvgIpc) is 2.94. The number of fused-ring (bicyclic) bond motifs is 1. The molecule has 0 bridgehead atoms. The highest BCUT2D eigenvalue weighted by molar-refractivity contribution is 6.30. The number of hydrogen-bond donors (Lipinski definition) is 3. The van der Waals surface area contributed by atoms with Crippen molar-refractivity contribution in [2.24, 2.45) is 10.7 Å². The highest BCUT2D eigenvalue weighted by atomic mass is 35.5. The number of rotatable bonds is 4. The summed E-state index contributed by atoms with van der Waals surface area (Å²) in [5, 5.41) is 6.57. The molecule has 2 heterocycles. The van der Waals surface area contributed by atoms with Gasteiger partial charge in [-0.05, 0) is 38.5 Å². The standard InChI is InChI=1S/C20H23ClN6O/c1-6-13(22)20(3)14-16(24-5)25-18(26-17(14)27-19(20)28)15(23-4)12-8-7-11(21)9-10(12)2/h6-9H,22H2,1-5H3,(H2,24,25,26,27,28)/b13-6-,23-15+. The number of anilines is 2. The van der Waals surface area contributed by atoms with Crippen LogP contribution in [-0.4, -0.2) is 35.7 Å². The molecule has 8 heteroatoms. The Morgan fingerprint density at radius 2 is 2.11 bits per heavy atom. The molecule has 2 aromatic rings. The maximum atomic E-state index is 12.8. The number of benzene rings is 1. The van der Waals surface area contributed by atoms with Gasteiger partial charge in [-0.3, -0.25) is 9.79 Å². The number of amides is 1. The quantitative estimate of drug-likeness (QED) is 0.686. The fraction of sp³-hybridized carbons (Fsp3) is 0.300. The van der Waals surface area contributed by atoms with Gasteiger partial charge in [0.15, 0.2) is 5.82 Å². The maximum absolute atomic E-state index is 12.8. The molecule has 1 unspecified atom stereocenters. The van der Waals surface area contributed by atoms with Crippen molar-refractivity contribution >= 4 is 34.9 Å². The Morgan fingerprint density at radius 1 is 1.39 bits per heavy atom. The zero-order chi connectivity index (χ0) is 20.6. The number of nitrogens with two attached hydrogens (primary N) is 1. The number of hydrogen-bond acceptors (Lipinski definition) is 6. The lowest BCUT2D eigenvalue weighted by molar-refractivity contribution is -0.119. The number of aromatic nitrogens is 2. The number of carbonyl (C=O) groups excluding carboxylic acids is 1. The molecule has 1 atom stereocenters. The smallest absolute Gasteiger partial charge is 0.242 e. The minimum absolute atomic E-state index is 0.237. The second kappa shape index (κ2) is 7.24. The van der Waals surface area contributed by atoms with Crippen LogP contribution in [-0.2, 0) is 10.2 Å². The predicted molar refractivity (Wildman–Crippen MR) is 113 cm³/mol. The number of halogens is 1. The first-order valence-electron chi connectivity index (χ1n) is 8.85. The minimum Gasteiger partial charge on any atom is -0.401 e. The van der Waals surface area contributed by atoms with Crippen LogP contribution in [0.5, 0.6) is 0 Å². The summed E-state index contributed by atoms with van der Waals surface area (Å²) < 4.78 is 0. The molecule has 1 aliphatic heterocycles. The van der Waals surface area contributed by atoms with E-state index in [0.717, 1.165) is 11.1 Å². The Bertz CT molecular complexity index is 1030. The van der Waals surface area contributed by atoms with Gasteiger partial charge in [-0.1, -0.05) is 23.7 Å². The van der Waals surface area contributed by atoms with Gasteiger partial charge in [0, 0.05) is 30.4 Å². The van der Waals surface area contributed by atoms with Gasteiger partial charge in [0.2, 0.25) is 5.91 Å². The molecular weight excluding hydrogens is 376 g/mol. The highest BCUT2D eigenvalue weighted by Crippen LogP contribution is 2.43. The molecule has 0 spiro atoms. The molecule has 0 radical (unpaired) electrons. The van der Waals surface area contributed by atoms with E-state index in [4.69, 9.17) is 17.3 Å². The van der Waals surface area contributed by atoms with E-state index >= 15 is 0 Å². The molecule has 3 rings (SSSR count). The third kappa shape index (κ3) is 2.92. The second-order valence-corrected chi connectivity index (χ2v) is 7.16. The first kappa shape index (κ1) is 19.8. The zero-order valence-electron chi connectivity index (χ0n) is 16.5. The van der Waals surface area contributed by atoms with Gasteiger partial charge in [-0.25, -0.2) is 9.97 Å². The van der Waals surface area contributed by atoms with E-state index in [1.54, 1.807) is 40.1 Å². The summed E-state index contributed by atoms with van der Waals surface area (Å²) in [6.45, 7) is 5.52. The van der Waals surface area contributed by atoms with Gasteiger partial charge < -0.3 is 16.4 Å². The van der Waals surface area contributed by atoms with Gasteiger partial charge in [0.25, 0.3) is 0 Å². The lowest BCUT2D eigenvalue weighted by Crippen LogP contribution is -2.37. The Labute approximate surface area is 169 Å². The largest absolute Gasteiger partial charge is 0.401 e. The molecule has 0 saturated heterocycles. The molecule has 28 heavy (non-hydrogen) atoms. The van der Waals surface area contributed by atoms with Crippen molar-refractivity contribution in [2.45, 2.75) is 26.2 Å². The van der Waals surface area contributed by atoms with Crippen LogP contribution in [0, 0.1) is 6.92 Å². The first-order valence-corrected chi connectivity index (χ1v) is 9.23. The molecule has 146 valence electrons. The van der Waals surface area contributed by atoms with Crippen molar-refractivity contribution in [3.8, 4) is 0 Å². The van der Waals surface area contributed by atoms with Crippen molar-refractivity contribution in [3.63, 3.8) is 0 Å². The average molecular weight is 399 g/mol. The summed E-state index contributed by atoms with van der Waals surface area (Å²) in [6.07, 6.45) is 1.72. The monoisotopic (exact) mass is 398 g/mol. The highest BCUT2D eigenvalue weighted by Gasteiger charge is 2.48. The predicted octanol–water partition coefficient (Wildman–Crippen LogP) is 3.02. The van der Waals surface area contributed by atoms with Crippen LogP contribution in [0.15, 0.2) is 35.0 Å². The molecule has 1 aliphatic rings. The van der Waals surface area contributed by atoms with Crippen molar-refractivity contribution < 1.29 is 4.79 Å². The number of aliphatic imine (C=N–C) groups is 1. The number of nitrogens with one attached hydrogen (secondary N) is 2. The molecule has 1 aromatic carbocycles. The number of carbonyl (C=O) groups is 1. The molecule has 1 aromatic heterocycles. The molecule has 7 nitrogen and oxygen atoms in total. The lowest BCUT2D eigenvalue weighted by atomic mass is 9.81. The Morgan fingerprint density at radius 3 is 2.68 bits per heavy atom. The molecule has 0 aliphatic carbocycles. The Hall–Kier alpha value is -2.93. The third-order valence-corrected chi connectivity index (χ3v) is 5.33. The number of nitrogens with zero attached hydrogens (tertiary/aromatic N) is 3. The van der Waals surface area contributed by atoms with Crippen LogP contribution in [0.25, 0.3) is 0 Å². The van der Waals surface area contributed by atoms with Crippen LogP contribution in [0.2, 0.25) is 5.02 Å². The molecular formula is C20H23ClN6O. The molecule has 0 fully saturated rings. The van der Waals surface area contributed by atoms with Gasteiger partial charge >= 0.3 is 0 Å². The Kier molecular flexibility index (Phi) is 5.12.